The van der Waals surface area contributed by atoms with Crippen molar-refractivity contribution in [2.75, 3.05) is 39.5 Å². The third kappa shape index (κ3) is 7.47. The summed E-state index contributed by atoms with van der Waals surface area (Å²) < 4.78 is 0. The summed E-state index contributed by atoms with van der Waals surface area (Å²) in [6.07, 6.45) is 0. The molecule has 0 amide bonds. The van der Waals surface area contributed by atoms with Crippen molar-refractivity contribution in [1.82, 2.24) is 4.90 Å². The largest absolute Gasteiger partial charge is 0.504 e. The van der Waals surface area contributed by atoms with E-state index in [-0.39, 0.29) is 31.3 Å². The molecular formula is C12H21NO6. The molecule has 0 radical (unpaired) electrons. The summed E-state index contributed by atoms with van der Waals surface area (Å²) in [5.41, 5.74) is 0. The highest BCUT2D eigenvalue weighted by atomic mass is 16.3. The molecule has 7 heteroatoms. The van der Waals surface area contributed by atoms with Crippen LogP contribution in [0.4, 0.5) is 0 Å². The lowest BCUT2D eigenvalue weighted by Crippen LogP contribution is -2.32. The standard InChI is InChI=1S/C6H15NO3.C6H6O3/c8-4-1-7(2-5-9)3-6-10;7-4-2-1-3-5(8)6(4)9/h8-10H,1-6H2;1-3,7-9H. The van der Waals surface area contributed by atoms with Gasteiger partial charge in [-0.25, -0.2) is 0 Å². The lowest BCUT2D eigenvalue weighted by molar-refractivity contribution is 0.136. The van der Waals surface area contributed by atoms with Gasteiger partial charge in [-0.2, -0.15) is 0 Å². The Morgan fingerprint density at radius 1 is 0.737 bits per heavy atom. The first kappa shape index (κ1) is 17.5. The zero-order valence-electron chi connectivity index (χ0n) is 10.6. The quantitative estimate of drug-likeness (QED) is 0.370. The Balaban J connectivity index is 0.000000342. The molecule has 1 aromatic rings. The average Bonchev–Trinajstić information content (AvgIpc) is 2.38. The third-order valence-electron chi connectivity index (χ3n) is 2.24. The van der Waals surface area contributed by atoms with Crippen molar-refractivity contribution in [1.29, 1.82) is 0 Å². The Bertz CT molecular complexity index is 312. The minimum Gasteiger partial charge on any atom is -0.504 e. The van der Waals surface area contributed by atoms with Gasteiger partial charge in [0.1, 0.15) is 0 Å². The Kier molecular flexibility index (Phi) is 9.55. The minimum absolute atomic E-state index is 0.0694. The fourth-order valence-electron chi connectivity index (χ4n) is 1.28. The SMILES string of the molecule is OCCN(CCO)CCO.Oc1cccc(O)c1O. The second kappa shape index (κ2) is 10.4. The molecule has 6 N–H and O–H groups in total. The van der Waals surface area contributed by atoms with Crippen LogP contribution in [0.1, 0.15) is 0 Å². The molecule has 0 saturated carbocycles. The van der Waals surface area contributed by atoms with E-state index in [1.165, 1.54) is 18.2 Å². The molecule has 110 valence electrons. The molecular weight excluding hydrogens is 254 g/mol. The number of hydrogen-bond donors (Lipinski definition) is 6. The number of benzene rings is 1. The Hall–Kier alpha value is -1.54. The molecule has 0 bridgehead atoms. The van der Waals surface area contributed by atoms with E-state index >= 15 is 0 Å². The number of phenols is 3. The van der Waals surface area contributed by atoms with Crippen LogP contribution in [0, 0.1) is 0 Å². The lowest BCUT2D eigenvalue weighted by Gasteiger charge is -2.17. The fourth-order valence-corrected chi connectivity index (χ4v) is 1.28. The summed E-state index contributed by atoms with van der Waals surface area (Å²) in [7, 11) is 0. The van der Waals surface area contributed by atoms with Crippen molar-refractivity contribution < 1.29 is 30.6 Å². The van der Waals surface area contributed by atoms with Crippen LogP contribution in [0.15, 0.2) is 18.2 Å². The predicted molar refractivity (Wildman–Crippen MR) is 69.1 cm³/mol. The third-order valence-corrected chi connectivity index (χ3v) is 2.24. The van der Waals surface area contributed by atoms with Gasteiger partial charge in [0.2, 0.25) is 0 Å². The lowest BCUT2D eigenvalue weighted by atomic mass is 10.3. The number of aliphatic hydroxyl groups is 3. The van der Waals surface area contributed by atoms with E-state index in [0.29, 0.717) is 19.6 Å². The van der Waals surface area contributed by atoms with Crippen molar-refractivity contribution in [2.45, 2.75) is 0 Å². The normalized spacial score (nSPS) is 10.1. The molecule has 0 aliphatic heterocycles. The molecule has 0 unspecified atom stereocenters. The van der Waals surface area contributed by atoms with Crippen LogP contribution in [0.5, 0.6) is 17.2 Å². The van der Waals surface area contributed by atoms with E-state index in [1.807, 2.05) is 0 Å². The Morgan fingerprint density at radius 3 is 1.37 bits per heavy atom. The molecule has 7 nitrogen and oxygen atoms in total. The maximum Gasteiger partial charge on any atom is 0.200 e. The Morgan fingerprint density at radius 2 is 1.11 bits per heavy atom. The first-order valence-electron chi connectivity index (χ1n) is 5.81. The number of para-hydroxylation sites is 1. The maximum absolute atomic E-state index is 8.71. The molecule has 0 aliphatic rings. The molecule has 19 heavy (non-hydrogen) atoms. The average molecular weight is 275 g/mol. The second-order valence-corrected chi connectivity index (χ2v) is 3.66. The van der Waals surface area contributed by atoms with Gasteiger partial charge in [-0.15, -0.1) is 0 Å². The van der Waals surface area contributed by atoms with E-state index in [4.69, 9.17) is 30.6 Å². The summed E-state index contributed by atoms with van der Waals surface area (Å²) >= 11 is 0. The maximum atomic E-state index is 8.71. The summed E-state index contributed by atoms with van der Waals surface area (Å²) in [5.74, 6) is -1.09. The summed E-state index contributed by atoms with van der Waals surface area (Å²) in [6, 6.07) is 4.01. The first-order chi connectivity index (χ1) is 9.06. The molecule has 0 aliphatic carbocycles. The zero-order valence-corrected chi connectivity index (χ0v) is 10.6. The van der Waals surface area contributed by atoms with Crippen LogP contribution in [-0.4, -0.2) is 75.0 Å². The highest BCUT2D eigenvalue weighted by Crippen LogP contribution is 2.32. The van der Waals surface area contributed by atoms with Gasteiger partial charge in [-0.05, 0) is 12.1 Å². The van der Waals surface area contributed by atoms with Gasteiger partial charge in [-0.1, -0.05) is 6.07 Å². The molecule has 0 heterocycles. The van der Waals surface area contributed by atoms with Gasteiger partial charge in [0.15, 0.2) is 17.2 Å². The van der Waals surface area contributed by atoms with E-state index in [0.717, 1.165) is 0 Å². The van der Waals surface area contributed by atoms with Gasteiger partial charge in [0.05, 0.1) is 19.8 Å². The predicted octanol–water partition coefficient (Wildman–Crippen LogP) is -0.931. The van der Waals surface area contributed by atoms with Gasteiger partial charge in [0.25, 0.3) is 0 Å². The summed E-state index contributed by atoms with van der Waals surface area (Å²) in [6.45, 7) is 1.75. The van der Waals surface area contributed by atoms with E-state index < -0.39 is 5.75 Å². The van der Waals surface area contributed by atoms with Crippen LogP contribution in [0.25, 0.3) is 0 Å². The fraction of sp³-hybridized carbons (Fsp3) is 0.500. The molecule has 0 saturated heterocycles. The van der Waals surface area contributed by atoms with Gasteiger partial charge in [0, 0.05) is 19.6 Å². The topological polar surface area (TPSA) is 125 Å². The van der Waals surface area contributed by atoms with Crippen molar-refractivity contribution in [3.8, 4) is 17.2 Å². The highest BCUT2D eigenvalue weighted by Gasteiger charge is 2.01. The van der Waals surface area contributed by atoms with Gasteiger partial charge < -0.3 is 30.6 Å². The highest BCUT2D eigenvalue weighted by molar-refractivity contribution is 5.47. The van der Waals surface area contributed by atoms with E-state index in [2.05, 4.69) is 0 Å². The van der Waals surface area contributed by atoms with Crippen LogP contribution in [0.3, 0.4) is 0 Å². The van der Waals surface area contributed by atoms with Gasteiger partial charge >= 0.3 is 0 Å². The van der Waals surface area contributed by atoms with Crippen molar-refractivity contribution in [3.63, 3.8) is 0 Å². The molecule has 1 aromatic carbocycles. The molecule has 1 rings (SSSR count). The van der Waals surface area contributed by atoms with Crippen LogP contribution < -0.4 is 0 Å². The van der Waals surface area contributed by atoms with Crippen molar-refractivity contribution >= 4 is 0 Å². The molecule has 0 aromatic heterocycles. The number of rotatable bonds is 6. The second-order valence-electron chi connectivity index (χ2n) is 3.66. The first-order valence-corrected chi connectivity index (χ1v) is 5.81. The molecule has 0 fully saturated rings. The van der Waals surface area contributed by atoms with E-state index in [9.17, 15) is 0 Å². The number of phenolic OH excluding ortho intramolecular Hbond substituents is 3. The summed E-state index contributed by atoms with van der Waals surface area (Å²) in [5, 5.41) is 51.5. The van der Waals surface area contributed by atoms with Crippen LogP contribution in [-0.2, 0) is 0 Å². The van der Waals surface area contributed by atoms with Crippen LogP contribution >= 0.6 is 0 Å². The number of aromatic hydroxyl groups is 3. The molecule has 0 atom stereocenters. The van der Waals surface area contributed by atoms with Crippen molar-refractivity contribution in [2.24, 2.45) is 0 Å². The van der Waals surface area contributed by atoms with E-state index in [1.54, 1.807) is 4.90 Å². The number of aliphatic hydroxyl groups excluding tert-OH is 3. The monoisotopic (exact) mass is 275 g/mol. The smallest absolute Gasteiger partial charge is 0.200 e. The van der Waals surface area contributed by atoms with Crippen molar-refractivity contribution in [3.05, 3.63) is 18.2 Å². The minimum atomic E-state index is -0.475. The number of nitrogens with zero attached hydrogens (tertiary/aromatic N) is 1. The zero-order chi connectivity index (χ0) is 14.7. The van der Waals surface area contributed by atoms with Crippen LogP contribution in [0.2, 0.25) is 0 Å². The van der Waals surface area contributed by atoms with Gasteiger partial charge in [-0.3, -0.25) is 4.90 Å². The summed E-state index contributed by atoms with van der Waals surface area (Å²) in [4.78, 5) is 1.79. The Labute approximate surface area is 111 Å². The number of hydrogen-bond acceptors (Lipinski definition) is 7. The molecule has 0 spiro atoms.